The van der Waals surface area contributed by atoms with Gasteiger partial charge in [0.1, 0.15) is 24.2 Å². The van der Waals surface area contributed by atoms with Crippen molar-refractivity contribution in [2.24, 2.45) is 11.3 Å². The molecular formula is C28H37N3O3. The van der Waals surface area contributed by atoms with Gasteiger partial charge in [-0.25, -0.2) is 4.98 Å². The Morgan fingerprint density at radius 1 is 1.32 bits per heavy atom. The molecule has 1 aromatic rings. The van der Waals surface area contributed by atoms with Crippen molar-refractivity contribution in [3.05, 3.63) is 66.7 Å². The lowest BCUT2D eigenvalue weighted by Gasteiger charge is -2.46. The van der Waals surface area contributed by atoms with Crippen molar-refractivity contribution in [2.75, 3.05) is 7.11 Å². The summed E-state index contributed by atoms with van der Waals surface area (Å²) in [5.41, 5.74) is 1.54. The molecule has 0 aromatic carbocycles. The number of fused-ring (bicyclic) bond motifs is 1. The van der Waals surface area contributed by atoms with E-state index in [4.69, 9.17) is 9.15 Å². The lowest BCUT2D eigenvalue weighted by atomic mass is 9.61. The van der Waals surface area contributed by atoms with Crippen LogP contribution in [0.1, 0.15) is 70.1 Å². The topological polar surface area (TPSA) is 67.6 Å². The minimum absolute atomic E-state index is 0.0791. The Morgan fingerprint density at radius 2 is 2.12 bits per heavy atom. The Bertz CT molecular complexity index is 996. The van der Waals surface area contributed by atoms with E-state index in [9.17, 15) is 4.79 Å². The van der Waals surface area contributed by atoms with Gasteiger partial charge in [-0.15, -0.1) is 0 Å². The summed E-state index contributed by atoms with van der Waals surface area (Å²) in [4.78, 5) is 20.3. The highest BCUT2D eigenvalue weighted by atomic mass is 16.5. The zero-order chi connectivity index (χ0) is 23.8. The first-order valence-corrected chi connectivity index (χ1v) is 12.7. The highest BCUT2D eigenvalue weighted by Gasteiger charge is 2.66. The molecule has 34 heavy (non-hydrogen) atoms. The average Bonchev–Trinajstić information content (AvgIpc) is 3.36. The number of carbonyl (C=O) groups excluding carboxylic acids is 1. The van der Waals surface area contributed by atoms with Crippen molar-refractivity contribution >= 4 is 5.91 Å². The molecule has 1 amide bonds. The smallest absolute Gasteiger partial charge is 0.259 e. The van der Waals surface area contributed by atoms with Crippen LogP contribution in [0.25, 0.3) is 0 Å². The van der Waals surface area contributed by atoms with Crippen LogP contribution in [0.3, 0.4) is 0 Å². The molecule has 4 aliphatic rings. The molecule has 1 aliphatic heterocycles. The van der Waals surface area contributed by atoms with E-state index < -0.39 is 5.54 Å². The van der Waals surface area contributed by atoms with E-state index in [2.05, 4.69) is 35.6 Å². The number of ether oxygens (including phenoxy) is 1. The van der Waals surface area contributed by atoms with Gasteiger partial charge in [0.2, 0.25) is 5.89 Å². The standard InChI is InChI=1S/C28H37N3O3/c1-4-5-22(9-8-21-6-7-21)18-23-10-13-27(14-11-24(33-3)12-15-27)28(23)26(32)31(20(2)30-28)19-25-29-16-17-34-25/h4-5,16-18,21,24,30H,1-2,6-15,19H2,3H3/b22-5-,23-18+. The SMILES string of the molecule is C=C/C=C(\C=C1/CCC2(CCC(OC)CC2)C12NC(=C)N(Cc1ncco1)C2=O)CCC1CC1. The number of aromatic nitrogens is 1. The Labute approximate surface area is 202 Å². The van der Waals surface area contributed by atoms with Gasteiger partial charge in [-0.2, -0.15) is 0 Å². The van der Waals surface area contributed by atoms with Crippen molar-refractivity contribution in [3.8, 4) is 0 Å². The summed E-state index contributed by atoms with van der Waals surface area (Å²) in [6.07, 6.45) is 20.4. The largest absolute Gasteiger partial charge is 0.447 e. The molecule has 2 heterocycles. The van der Waals surface area contributed by atoms with E-state index in [-0.39, 0.29) is 17.4 Å². The third-order valence-corrected chi connectivity index (χ3v) is 8.60. The predicted octanol–water partition coefficient (Wildman–Crippen LogP) is 5.41. The molecule has 1 aromatic heterocycles. The molecule has 2 spiro atoms. The van der Waals surface area contributed by atoms with Gasteiger partial charge in [0.15, 0.2) is 0 Å². The zero-order valence-electron chi connectivity index (χ0n) is 20.4. The molecule has 6 nitrogen and oxygen atoms in total. The number of hydrogen-bond acceptors (Lipinski definition) is 5. The van der Waals surface area contributed by atoms with Crippen LogP contribution in [-0.4, -0.2) is 34.5 Å². The summed E-state index contributed by atoms with van der Waals surface area (Å²) in [6.45, 7) is 8.49. The third kappa shape index (κ3) is 3.96. The molecule has 6 heteroatoms. The van der Waals surface area contributed by atoms with Crippen LogP contribution in [-0.2, 0) is 16.1 Å². The fraction of sp³-hybridized carbons (Fsp3) is 0.571. The minimum atomic E-state index is -0.769. The molecule has 3 aliphatic carbocycles. The molecule has 0 bridgehead atoms. The summed E-state index contributed by atoms with van der Waals surface area (Å²) in [6, 6.07) is 0. The highest BCUT2D eigenvalue weighted by molar-refractivity contribution is 5.96. The first-order valence-electron chi connectivity index (χ1n) is 12.7. The molecule has 182 valence electrons. The van der Waals surface area contributed by atoms with Crippen LogP contribution in [0.4, 0.5) is 0 Å². The number of carbonyl (C=O) groups is 1. The predicted molar refractivity (Wildman–Crippen MR) is 131 cm³/mol. The monoisotopic (exact) mass is 463 g/mol. The maximum Gasteiger partial charge on any atom is 0.259 e. The molecule has 5 rings (SSSR count). The first kappa shape index (κ1) is 23.2. The first-order chi connectivity index (χ1) is 16.5. The van der Waals surface area contributed by atoms with Crippen LogP contribution < -0.4 is 5.32 Å². The number of hydrogen-bond donors (Lipinski definition) is 1. The molecule has 1 atom stereocenters. The average molecular weight is 464 g/mol. The molecule has 1 unspecified atom stereocenters. The molecule has 3 saturated carbocycles. The third-order valence-electron chi connectivity index (χ3n) is 8.60. The molecule has 1 N–H and O–H groups in total. The quantitative estimate of drug-likeness (QED) is 0.522. The maximum atomic E-state index is 14.3. The Hall–Kier alpha value is -2.60. The lowest BCUT2D eigenvalue weighted by Crippen LogP contribution is -2.59. The summed E-state index contributed by atoms with van der Waals surface area (Å²) in [7, 11) is 1.80. The summed E-state index contributed by atoms with van der Waals surface area (Å²) in [5, 5.41) is 3.66. The highest BCUT2D eigenvalue weighted by Crippen LogP contribution is 2.60. The summed E-state index contributed by atoms with van der Waals surface area (Å²) < 4.78 is 11.1. The van der Waals surface area contributed by atoms with Crippen LogP contribution in [0, 0.1) is 11.3 Å². The van der Waals surface area contributed by atoms with Crippen LogP contribution in [0.5, 0.6) is 0 Å². The van der Waals surface area contributed by atoms with Gasteiger partial charge in [0.05, 0.1) is 12.3 Å². The van der Waals surface area contributed by atoms with Gasteiger partial charge in [0, 0.05) is 12.5 Å². The van der Waals surface area contributed by atoms with Gasteiger partial charge in [-0.05, 0) is 68.4 Å². The van der Waals surface area contributed by atoms with Gasteiger partial charge in [0.25, 0.3) is 5.91 Å². The van der Waals surface area contributed by atoms with E-state index in [1.54, 1.807) is 24.5 Å². The Morgan fingerprint density at radius 3 is 2.76 bits per heavy atom. The van der Waals surface area contributed by atoms with Crippen LogP contribution in [0.15, 0.2) is 65.2 Å². The number of oxazole rings is 1. The fourth-order valence-electron chi connectivity index (χ4n) is 6.50. The number of methoxy groups -OCH3 is 1. The second-order valence-electron chi connectivity index (χ2n) is 10.5. The normalized spacial score (nSPS) is 32.9. The van der Waals surface area contributed by atoms with Crippen LogP contribution in [0.2, 0.25) is 0 Å². The maximum absolute atomic E-state index is 14.3. The van der Waals surface area contributed by atoms with Crippen LogP contribution >= 0.6 is 0 Å². The number of nitrogens with zero attached hydrogens (tertiary/aromatic N) is 2. The second kappa shape index (κ2) is 9.21. The van der Waals surface area contributed by atoms with Crippen molar-refractivity contribution in [3.63, 3.8) is 0 Å². The van der Waals surface area contributed by atoms with E-state index in [1.807, 2.05) is 6.08 Å². The molecular weight excluding hydrogens is 426 g/mol. The van der Waals surface area contributed by atoms with Gasteiger partial charge in [-0.1, -0.05) is 44.2 Å². The Kier molecular flexibility index (Phi) is 6.28. The van der Waals surface area contributed by atoms with Crippen molar-refractivity contribution in [2.45, 2.75) is 82.4 Å². The summed E-state index contributed by atoms with van der Waals surface area (Å²) in [5.74, 6) is 2.10. The van der Waals surface area contributed by atoms with E-state index in [0.29, 0.717) is 18.3 Å². The number of rotatable bonds is 8. The number of nitrogens with one attached hydrogen (secondary N) is 1. The Balaban J connectivity index is 1.51. The van der Waals surface area contributed by atoms with E-state index >= 15 is 0 Å². The van der Waals surface area contributed by atoms with Gasteiger partial charge >= 0.3 is 0 Å². The molecule has 0 radical (unpaired) electrons. The van der Waals surface area contributed by atoms with Gasteiger partial charge in [-0.3, -0.25) is 9.69 Å². The second-order valence-corrected chi connectivity index (χ2v) is 10.5. The van der Waals surface area contributed by atoms with Crippen molar-refractivity contribution < 1.29 is 13.9 Å². The number of allylic oxidation sites excluding steroid dienone is 4. The van der Waals surface area contributed by atoms with Crippen molar-refractivity contribution in [1.29, 1.82) is 0 Å². The van der Waals surface area contributed by atoms with E-state index in [0.717, 1.165) is 50.9 Å². The van der Waals surface area contributed by atoms with E-state index in [1.165, 1.54) is 30.4 Å². The number of amides is 1. The van der Waals surface area contributed by atoms with Gasteiger partial charge < -0.3 is 14.5 Å². The lowest BCUT2D eigenvalue weighted by molar-refractivity contribution is -0.136. The fourth-order valence-corrected chi connectivity index (χ4v) is 6.50. The molecule has 4 fully saturated rings. The summed E-state index contributed by atoms with van der Waals surface area (Å²) >= 11 is 0. The van der Waals surface area contributed by atoms with Crippen molar-refractivity contribution in [1.82, 2.24) is 15.2 Å². The molecule has 1 saturated heterocycles. The zero-order valence-corrected chi connectivity index (χ0v) is 20.4. The minimum Gasteiger partial charge on any atom is -0.447 e.